The van der Waals surface area contributed by atoms with Crippen molar-refractivity contribution in [2.75, 3.05) is 6.61 Å². The number of nitrogens with one attached hydrogen (secondary N) is 1. The number of ether oxygens (including phenoxy) is 1. The van der Waals surface area contributed by atoms with Crippen LogP contribution in [0.25, 0.3) is 11.1 Å². The van der Waals surface area contributed by atoms with E-state index in [1.165, 1.54) is 12.1 Å². The van der Waals surface area contributed by atoms with Gasteiger partial charge in [0.05, 0.1) is 12.1 Å². The van der Waals surface area contributed by atoms with Crippen molar-refractivity contribution < 1.29 is 13.9 Å². The fraction of sp³-hybridized carbons (Fsp3) is 0.250. The van der Waals surface area contributed by atoms with Gasteiger partial charge in [0.15, 0.2) is 5.58 Å². The van der Waals surface area contributed by atoms with E-state index in [4.69, 9.17) is 20.3 Å². The van der Waals surface area contributed by atoms with E-state index in [0.717, 1.165) is 4.57 Å². The summed E-state index contributed by atoms with van der Waals surface area (Å²) >= 11 is 0. The van der Waals surface area contributed by atoms with Crippen LogP contribution in [0.1, 0.15) is 12.5 Å². The summed E-state index contributed by atoms with van der Waals surface area (Å²) in [5.74, 6) is -1.30. The van der Waals surface area contributed by atoms with Crippen LogP contribution in [0, 0.1) is 5.41 Å². The molecule has 0 unspecified atom stereocenters. The Kier molecular flexibility index (Phi) is 3.37. The second-order valence-corrected chi connectivity index (χ2v) is 3.86. The second-order valence-electron chi connectivity index (χ2n) is 3.86. The van der Waals surface area contributed by atoms with Gasteiger partial charge >= 0.3 is 11.7 Å². The number of nitrogens with two attached hydrogens (primary N) is 1. The maximum Gasteiger partial charge on any atom is 0.420 e. The largest absolute Gasteiger partial charge is 0.465 e. The molecule has 100 valence electrons. The van der Waals surface area contributed by atoms with Crippen molar-refractivity contribution in [1.82, 2.24) is 4.57 Å². The highest BCUT2D eigenvalue weighted by Gasteiger charge is 2.14. The third-order valence-electron chi connectivity index (χ3n) is 2.57. The van der Waals surface area contributed by atoms with Crippen LogP contribution < -0.4 is 11.5 Å². The number of aromatic nitrogens is 1. The average molecular weight is 263 g/mol. The van der Waals surface area contributed by atoms with E-state index in [-0.39, 0.29) is 19.0 Å². The highest BCUT2D eigenvalue weighted by molar-refractivity contribution is 5.97. The number of nitrogens with zero attached hydrogens (tertiary/aromatic N) is 1. The summed E-state index contributed by atoms with van der Waals surface area (Å²) in [4.78, 5) is 23.1. The lowest BCUT2D eigenvalue weighted by molar-refractivity contribution is -0.143. The van der Waals surface area contributed by atoms with E-state index in [1.807, 2.05) is 0 Å². The Balaban J connectivity index is 2.50. The molecule has 1 heterocycles. The van der Waals surface area contributed by atoms with Crippen LogP contribution >= 0.6 is 0 Å². The van der Waals surface area contributed by atoms with Gasteiger partial charge in [0, 0.05) is 5.56 Å². The summed E-state index contributed by atoms with van der Waals surface area (Å²) in [7, 11) is 0. The van der Waals surface area contributed by atoms with Crippen LogP contribution in [0.15, 0.2) is 27.4 Å². The molecule has 0 fully saturated rings. The number of nitrogen functional groups attached to an aromatic ring is 1. The Morgan fingerprint density at radius 1 is 1.53 bits per heavy atom. The predicted molar refractivity (Wildman–Crippen MR) is 68.1 cm³/mol. The zero-order valence-electron chi connectivity index (χ0n) is 10.3. The Morgan fingerprint density at radius 2 is 2.26 bits per heavy atom. The van der Waals surface area contributed by atoms with Crippen LogP contribution in [0.4, 0.5) is 0 Å². The molecule has 1 aromatic heterocycles. The third-order valence-corrected chi connectivity index (χ3v) is 2.57. The third kappa shape index (κ3) is 2.49. The minimum Gasteiger partial charge on any atom is -0.465 e. The molecule has 7 heteroatoms. The lowest BCUT2D eigenvalue weighted by Crippen LogP contribution is -2.21. The summed E-state index contributed by atoms with van der Waals surface area (Å²) in [6.07, 6.45) is 0. The number of hydrogen-bond acceptors (Lipinski definition) is 5. The molecule has 0 saturated carbocycles. The number of fused-ring (bicyclic) bond motifs is 1. The number of benzene rings is 1. The molecule has 0 bridgehead atoms. The van der Waals surface area contributed by atoms with Crippen LogP contribution in [-0.4, -0.2) is 23.0 Å². The maximum absolute atomic E-state index is 11.7. The highest BCUT2D eigenvalue weighted by atomic mass is 16.5. The van der Waals surface area contributed by atoms with Crippen LogP contribution in [0.5, 0.6) is 0 Å². The second kappa shape index (κ2) is 4.97. The lowest BCUT2D eigenvalue weighted by Gasteiger charge is -2.03. The fourth-order valence-electron chi connectivity index (χ4n) is 1.72. The molecule has 0 atom stereocenters. The average Bonchev–Trinajstić information content (AvgIpc) is 2.65. The SMILES string of the molecule is CCOC(=O)Cn1c(=O)oc2ccc(C(=N)N)cc21. The van der Waals surface area contributed by atoms with Gasteiger partial charge < -0.3 is 14.9 Å². The molecule has 2 rings (SSSR count). The Hall–Kier alpha value is -2.57. The molecule has 0 spiro atoms. The van der Waals surface area contributed by atoms with Crippen molar-refractivity contribution in [3.8, 4) is 0 Å². The molecule has 2 aromatic rings. The summed E-state index contributed by atoms with van der Waals surface area (Å²) in [5.41, 5.74) is 6.57. The van der Waals surface area contributed by atoms with E-state index in [9.17, 15) is 9.59 Å². The zero-order chi connectivity index (χ0) is 14.0. The van der Waals surface area contributed by atoms with Gasteiger partial charge in [-0.3, -0.25) is 14.8 Å². The van der Waals surface area contributed by atoms with E-state index < -0.39 is 11.7 Å². The first-order valence-electron chi connectivity index (χ1n) is 5.66. The monoisotopic (exact) mass is 263 g/mol. The molecular weight excluding hydrogens is 250 g/mol. The zero-order valence-corrected chi connectivity index (χ0v) is 10.3. The molecule has 7 nitrogen and oxygen atoms in total. The summed E-state index contributed by atoms with van der Waals surface area (Å²) in [6.45, 7) is 1.69. The van der Waals surface area contributed by atoms with E-state index >= 15 is 0 Å². The molecule has 3 N–H and O–H groups in total. The van der Waals surface area contributed by atoms with Gasteiger partial charge in [0.2, 0.25) is 0 Å². The van der Waals surface area contributed by atoms with Crippen molar-refractivity contribution in [1.29, 1.82) is 5.41 Å². The van der Waals surface area contributed by atoms with Crippen LogP contribution in [-0.2, 0) is 16.1 Å². The van der Waals surface area contributed by atoms with Gasteiger partial charge in [-0.25, -0.2) is 4.79 Å². The Morgan fingerprint density at radius 3 is 2.89 bits per heavy atom. The first-order chi connectivity index (χ1) is 9.02. The molecule has 0 aliphatic rings. The van der Waals surface area contributed by atoms with Crippen molar-refractivity contribution in [2.45, 2.75) is 13.5 Å². The van der Waals surface area contributed by atoms with Gasteiger partial charge in [-0.1, -0.05) is 0 Å². The first-order valence-corrected chi connectivity index (χ1v) is 5.66. The van der Waals surface area contributed by atoms with Crippen LogP contribution in [0.2, 0.25) is 0 Å². The molecule has 0 aliphatic heterocycles. The van der Waals surface area contributed by atoms with Gasteiger partial charge in [-0.05, 0) is 25.1 Å². The number of oxazole rings is 1. The van der Waals surface area contributed by atoms with Gasteiger partial charge in [-0.15, -0.1) is 0 Å². The number of esters is 1. The Labute approximate surface area is 108 Å². The highest BCUT2D eigenvalue weighted by Crippen LogP contribution is 2.15. The van der Waals surface area contributed by atoms with Gasteiger partial charge in [0.1, 0.15) is 12.4 Å². The van der Waals surface area contributed by atoms with E-state index in [0.29, 0.717) is 16.7 Å². The minimum absolute atomic E-state index is 0.127. The lowest BCUT2D eigenvalue weighted by atomic mass is 10.2. The molecule has 1 aromatic carbocycles. The van der Waals surface area contributed by atoms with E-state index in [1.54, 1.807) is 13.0 Å². The van der Waals surface area contributed by atoms with E-state index in [2.05, 4.69) is 0 Å². The Bertz CT molecular complexity index is 699. The molecule has 0 saturated heterocycles. The number of hydrogen-bond donors (Lipinski definition) is 2. The summed E-state index contributed by atoms with van der Waals surface area (Å²) < 4.78 is 10.9. The number of rotatable bonds is 4. The molecule has 19 heavy (non-hydrogen) atoms. The summed E-state index contributed by atoms with van der Waals surface area (Å²) in [6, 6.07) is 4.64. The minimum atomic E-state index is -0.649. The number of amidine groups is 1. The number of carbonyl (C=O) groups excluding carboxylic acids is 1. The van der Waals surface area contributed by atoms with Crippen molar-refractivity contribution in [3.05, 3.63) is 34.3 Å². The normalized spacial score (nSPS) is 10.6. The molecule has 0 radical (unpaired) electrons. The summed E-state index contributed by atoms with van der Waals surface area (Å²) in [5, 5.41) is 7.36. The quantitative estimate of drug-likeness (QED) is 0.472. The van der Waals surface area contributed by atoms with Gasteiger partial charge in [0.25, 0.3) is 0 Å². The molecule has 0 aliphatic carbocycles. The molecule has 0 amide bonds. The van der Waals surface area contributed by atoms with Crippen molar-refractivity contribution >= 4 is 22.9 Å². The van der Waals surface area contributed by atoms with Crippen molar-refractivity contribution in [2.24, 2.45) is 5.73 Å². The fourth-order valence-corrected chi connectivity index (χ4v) is 1.72. The smallest absolute Gasteiger partial charge is 0.420 e. The topological polar surface area (TPSA) is 111 Å². The van der Waals surface area contributed by atoms with Crippen molar-refractivity contribution in [3.63, 3.8) is 0 Å². The first kappa shape index (κ1) is 12.9. The molecular formula is C12H13N3O4. The maximum atomic E-state index is 11.7. The number of carbonyl (C=O) groups is 1. The van der Waals surface area contributed by atoms with Gasteiger partial charge in [-0.2, -0.15) is 0 Å². The standard InChI is InChI=1S/C12H13N3O4/c1-2-18-10(16)6-15-8-5-7(11(13)14)3-4-9(8)19-12(15)17/h3-5H,2,6H2,1H3,(H3,13,14). The predicted octanol–water partition coefficient (Wildman–Crippen LogP) is 0.442. The van der Waals surface area contributed by atoms with Crippen LogP contribution in [0.3, 0.4) is 0 Å².